The van der Waals surface area contributed by atoms with Gasteiger partial charge < -0.3 is 9.64 Å². The summed E-state index contributed by atoms with van der Waals surface area (Å²) in [5.41, 5.74) is 1.11. The van der Waals surface area contributed by atoms with Crippen LogP contribution >= 0.6 is 22.9 Å². The fraction of sp³-hybridized carbons (Fsp3) is 0.333. The van der Waals surface area contributed by atoms with E-state index in [1.54, 1.807) is 31.7 Å². The Kier molecular flexibility index (Phi) is 6.65. The number of hydrogen-bond acceptors (Lipinski definition) is 8. The lowest BCUT2D eigenvalue weighted by Crippen LogP contribution is -2.34. The van der Waals surface area contributed by atoms with Gasteiger partial charge in [-0.2, -0.15) is 8.68 Å². The van der Waals surface area contributed by atoms with Gasteiger partial charge >= 0.3 is 0 Å². The highest BCUT2D eigenvalue weighted by Crippen LogP contribution is 2.21. The first-order valence-corrected chi connectivity index (χ1v) is 11.7. The molecule has 10 heteroatoms. The Morgan fingerprint density at radius 2 is 1.86 bits per heavy atom. The van der Waals surface area contributed by atoms with Crippen molar-refractivity contribution in [2.24, 2.45) is 0 Å². The van der Waals surface area contributed by atoms with E-state index >= 15 is 0 Å². The summed E-state index contributed by atoms with van der Waals surface area (Å²) in [4.78, 5) is 6.50. The summed E-state index contributed by atoms with van der Waals surface area (Å²) in [7, 11) is 1.70. The molecular weight excluding hydrogens is 416 g/mol. The molecule has 0 bridgehead atoms. The zero-order valence-electron chi connectivity index (χ0n) is 15.9. The number of hydrogen-bond donors (Lipinski definition) is 0. The number of benzene rings is 1. The maximum atomic E-state index is 12.5. The summed E-state index contributed by atoms with van der Waals surface area (Å²) >= 11 is 2.54. The third-order valence-corrected chi connectivity index (χ3v) is 8.31. The van der Waals surface area contributed by atoms with E-state index in [1.165, 1.54) is 27.2 Å². The number of sulfonamides is 1. The molecule has 0 unspecified atom stereocenters. The molecule has 0 saturated heterocycles. The van der Waals surface area contributed by atoms with Gasteiger partial charge in [0.1, 0.15) is 15.8 Å². The highest BCUT2D eigenvalue weighted by atomic mass is 32.2. The van der Waals surface area contributed by atoms with Gasteiger partial charge in [-0.05, 0) is 29.1 Å². The molecule has 7 nitrogen and oxygen atoms in total. The average Bonchev–Trinajstić information content (AvgIpc) is 3.39. The Labute approximate surface area is 173 Å². The van der Waals surface area contributed by atoms with E-state index in [-0.39, 0.29) is 0 Å². The second kappa shape index (κ2) is 8.99. The molecule has 0 aliphatic rings. The van der Waals surface area contributed by atoms with Gasteiger partial charge in [-0.15, -0.1) is 11.3 Å². The number of anilines is 1. The second-order valence-corrected chi connectivity index (χ2v) is 10.1. The van der Waals surface area contributed by atoms with Crippen LogP contribution in [0.25, 0.3) is 0 Å². The van der Waals surface area contributed by atoms with Crippen molar-refractivity contribution in [2.75, 3.05) is 39.2 Å². The number of likely N-dealkylation sites (N-methyl/N-ethyl adjacent to an activating group) is 2. The van der Waals surface area contributed by atoms with Crippen molar-refractivity contribution in [1.82, 2.24) is 13.7 Å². The Hall–Kier alpha value is -2.01. The average molecular weight is 439 g/mol. The molecule has 0 N–H and O–H groups in total. The SMILES string of the molecule is COc1ccc(Cc2nsc(N(C)CCN(C)S(=O)(=O)c3cccs3)n2)cc1. The van der Waals surface area contributed by atoms with Crippen LogP contribution in [0.3, 0.4) is 0 Å². The monoisotopic (exact) mass is 438 g/mol. The summed E-state index contributed by atoms with van der Waals surface area (Å²) in [6.07, 6.45) is 0.640. The molecule has 1 aromatic carbocycles. The van der Waals surface area contributed by atoms with Crippen molar-refractivity contribution in [3.05, 3.63) is 53.2 Å². The van der Waals surface area contributed by atoms with E-state index in [9.17, 15) is 8.42 Å². The van der Waals surface area contributed by atoms with Crippen LogP contribution in [0, 0.1) is 0 Å². The molecule has 150 valence electrons. The predicted octanol–water partition coefficient (Wildman–Crippen LogP) is 2.96. The van der Waals surface area contributed by atoms with Crippen LogP contribution in [-0.2, 0) is 16.4 Å². The number of nitrogens with zero attached hydrogens (tertiary/aromatic N) is 4. The van der Waals surface area contributed by atoms with Crippen LogP contribution in [0.2, 0.25) is 0 Å². The Morgan fingerprint density at radius 1 is 1.11 bits per heavy atom. The van der Waals surface area contributed by atoms with E-state index in [2.05, 4.69) is 9.36 Å². The molecule has 3 rings (SSSR count). The van der Waals surface area contributed by atoms with Gasteiger partial charge in [0, 0.05) is 45.1 Å². The molecular formula is C18H22N4O3S3. The molecule has 2 heterocycles. The van der Waals surface area contributed by atoms with Gasteiger partial charge in [-0.3, -0.25) is 0 Å². The predicted molar refractivity (Wildman–Crippen MR) is 113 cm³/mol. The van der Waals surface area contributed by atoms with Gasteiger partial charge in [0.05, 0.1) is 7.11 Å². The minimum absolute atomic E-state index is 0.357. The van der Waals surface area contributed by atoms with Crippen molar-refractivity contribution < 1.29 is 13.2 Å². The molecule has 0 radical (unpaired) electrons. The molecule has 0 atom stereocenters. The molecule has 0 saturated carbocycles. The molecule has 0 aliphatic carbocycles. The normalized spacial score (nSPS) is 11.7. The second-order valence-electron chi connectivity index (χ2n) is 6.20. The van der Waals surface area contributed by atoms with Gasteiger partial charge in [0.25, 0.3) is 10.0 Å². The number of rotatable bonds is 9. The van der Waals surface area contributed by atoms with E-state index in [0.717, 1.165) is 22.3 Å². The van der Waals surface area contributed by atoms with Crippen molar-refractivity contribution in [2.45, 2.75) is 10.6 Å². The van der Waals surface area contributed by atoms with Crippen LogP contribution in [0.4, 0.5) is 5.13 Å². The molecule has 28 heavy (non-hydrogen) atoms. The smallest absolute Gasteiger partial charge is 0.252 e. The van der Waals surface area contributed by atoms with E-state index in [0.29, 0.717) is 23.7 Å². The Bertz CT molecular complexity index is 986. The third kappa shape index (κ3) is 4.88. The number of aromatic nitrogens is 2. The lowest BCUT2D eigenvalue weighted by atomic mass is 10.1. The molecule has 0 fully saturated rings. The van der Waals surface area contributed by atoms with Crippen molar-refractivity contribution in [3.63, 3.8) is 0 Å². The van der Waals surface area contributed by atoms with Crippen LogP contribution in [0.5, 0.6) is 5.75 Å². The van der Waals surface area contributed by atoms with Crippen molar-refractivity contribution >= 4 is 38.0 Å². The fourth-order valence-electron chi connectivity index (χ4n) is 2.47. The van der Waals surface area contributed by atoms with Crippen LogP contribution in [0.15, 0.2) is 46.0 Å². The van der Waals surface area contributed by atoms with Gasteiger partial charge in [-0.1, -0.05) is 18.2 Å². The summed E-state index contributed by atoms with van der Waals surface area (Å²) in [5.74, 6) is 1.56. The molecule has 0 amide bonds. The number of methoxy groups -OCH3 is 1. The van der Waals surface area contributed by atoms with Crippen LogP contribution < -0.4 is 9.64 Å². The Morgan fingerprint density at radius 3 is 2.50 bits per heavy atom. The summed E-state index contributed by atoms with van der Waals surface area (Å²) in [6.45, 7) is 0.891. The molecule has 3 aromatic rings. The van der Waals surface area contributed by atoms with Gasteiger partial charge in [0.2, 0.25) is 5.13 Å². The molecule has 2 aromatic heterocycles. The third-order valence-electron chi connectivity index (χ3n) is 4.22. The largest absolute Gasteiger partial charge is 0.497 e. The van der Waals surface area contributed by atoms with Gasteiger partial charge in [0.15, 0.2) is 0 Å². The number of thiophene rings is 1. The maximum absolute atomic E-state index is 12.5. The zero-order valence-corrected chi connectivity index (χ0v) is 18.4. The zero-order chi connectivity index (χ0) is 20.1. The minimum Gasteiger partial charge on any atom is -0.497 e. The number of ether oxygens (including phenoxy) is 1. The highest BCUT2D eigenvalue weighted by Gasteiger charge is 2.22. The van der Waals surface area contributed by atoms with Gasteiger partial charge in [-0.25, -0.2) is 13.4 Å². The first-order valence-electron chi connectivity index (χ1n) is 8.56. The summed E-state index contributed by atoms with van der Waals surface area (Å²) in [6, 6.07) is 11.2. The van der Waals surface area contributed by atoms with Crippen molar-refractivity contribution in [1.29, 1.82) is 0 Å². The minimum atomic E-state index is -3.43. The van der Waals surface area contributed by atoms with E-state index in [1.807, 2.05) is 36.2 Å². The Balaban J connectivity index is 1.57. The quantitative estimate of drug-likeness (QED) is 0.511. The van der Waals surface area contributed by atoms with E-state index < -0.39 is 10.0 Å². The van der Waals surface area contributed by atoms with E-state index in [4.69, 9.17) is 4.74 Å². The standard InChI is InChI=1S/C18H22N4O3S3/c1-21(10-11-22(2)28(23,24)17-5-4-12-26-17)18-19-16(20-27-18)13-14-6-8-15(25-3)9-7-14/h4-9,12H,10-11,13H2,1-3H3. The lowest BCUT2D eigenvalue weighted by molar-refractivity contribution is 0.414. The van der Waals surface area contributed by atoms with Crippen LogP contribution in [-0.4, -0.2) is 56.4 Å². The van der Waals surface area contributed by atoms with Crippen LogP contribution in [0.1, 0.15) is 11.4 Å². The van der Waals surface area contributed by atoms with Crippen molar-refractivity contribution in [3.8, 4) is 5.75 Å². The maximum Gasteiger partial charge on any atom is 0.252 e. The topological polar surface area (TPSA) is 75.6 Å². The fourth-order valence-corrected chi connectivity index (χ4v) is 5.50. The first kappa shape index (κ1) is 20.7. The molecule has 0 spiro atoms. The highest BCUT2D eigenvalue weighted by molar-refractivity contribution is 7.91. The summed E-state index contributed by atoms with van der Waals surface area (Å²) < 4.78 is 36.3. The lowest BCUT2D eigenvalue weighted by Gasteiger charge is -2.20. The summed E-state index contributed by atoms with van der Waals surface area (Å²) in [5, 5.41) is 2.53. The molecule has 0 aliphatic heterocycles. The first-order chi connectivity index (χ1) is 13.4.